The van der Waals surface area contributed by atoms with E-state index in [-0.39, 0.29) is 0 Å². The van der Waals surface area contributed by atoms with Crippen molar-refractivity contribution in [3.05, 3.63) is 10.1 Å². The fourth-order valence-corrected chi connectivity index (χ4v) is 5.05. The highest BCUT2D eigenvalue weighted by molar-refractivity contribution is 6.60. The van der Waals surface area contributed by atoms with Gasteiger partial charge < -0.3 is 23.3 Å². The molecule has 1 amide bonds. The molecule has 2 atom stereocenters. The molecule has 0 aliphatic carbocycles. The van der Waals surface area contributed by atoms with Gasteiger partial charge in [0.25, 0.3) is 0 Å². The largest absolute Gasteiger partial charge is 0.500 e. The molecule has 2 unspecified atom stereocenters. The van der Waals surface area contributed by atoms with Crippen LogP contribution in [0.1, 0.15) is 47.5 Å². The van der Waals surface area contributed by atoms with Gasteiger partial charge in [0.2, 0.25) is 6.04 Å². The Morgan fingerprint density at radius 1 is 1.12 bits per heavy atom. The number of nitro groups is 1. The molecular weight excluding hydrogens is 348 g/mol. The molecule has 0 fully saturated rings. The Morgan fingerprint density at radius 3 is 2.04 bits per heavy atom. The van der Waals surface area contributed by atoms with Gasteiger partial charge in [-0.2, -0.15) is 0 Å². The molecule has 0 aliphatic heterocycles. The summed E-state index contributed by atoms with van der Waals surface area (Å²) in [7, 11) is -2.72. The van der Waals surface area contributed by atoms with Gasteiger partial charge in [-0.25, -0.2) is 4.79 Å². The van der Waals surface area contributed by atoms with E-state index in [9.17, 15) is 14.9 Å². The zero-order valence-corrected chi connectivity index (χ0v) is 16.9. The highest BCUT2D eigenvalue weighted by Crippen LogP contribution is 2.17. The van der Waals surface area contributed by atoms with E-state index in [1.54, 1.807) is 6.92 Å². The number of rotatable bonds is 14. The molecule has 0 saturated heterocycles. The first kappa shape index (κ1) is 23.8. The Bertz CT molecular complexity index is 381. The lowest BCUT2D eigenvalue weighted by atomic mass is 10.1. The molecule has 0 aliphatic rings. The van der Waals surface area contributed by atoms with E-state index in [2.05, 4.69) is 5.32 Å². The lowest BCUT2D eigenvalue weighted by Gasteiger charge is -2.28. The molecule has 1 N–H and O–H groups in total. The molecule has 0 radical (unpaired) electrons. The summed E-state index contributed by atoms with van der Waals surface area (Å²) < 4.78 is 22.3. The number of carbonyl (C=O) groups is 1. The molecule has 0 aromatic carbocycles. The molecular formula is C15H32N2O7Si. The monoisotopic (exact) mass is 380 g/mol. The zero-order chi connectivity index (χ0) is 19.3. The highest BCUT2D eigenvalue weighted by Gasteiger charge is 2.39. The first-order valence-electron chi connectivity index (χ1n) is 8.85. The van der Waals surface area contributed by atoms with Crippen LogP contribution in [-0.2, 0) is 18.0 Å². The molecule has 25 heavy (non-hydrogen) atoms. The number of alkyl carbamates (subject to hydrolysis) is 1. The third-order valence-corrected chi connectivity index (χ3v) is 6.70. The van der Waals surface area contributed by atoms with Gasteiger partial charge in [-0.3, -0.25) is 10.1 Å². The Labute approximate surface area is 150 Å². The minimum atomic E-state index is -2.72. The van der Waals surface area contributed by atoms with Crippen LogP contribution in [0.4, 0.5) is 4.79 Å². The van der Waals surface area contributed by atoms with Crippen LogP contribution < -0.4 is 5.32 Å². The van der Waals surface area contributed by atoms with E-state index < -0.39 is 32.0 Å². The van der Waals surface area contributed by atoms with Crippen LogP contribution in [0.15, 0.2) is 0 Å². The Balaban J connectivity index is 4.34. The first-order chi connectivity index (χ1) is 11.9. The minimum absolute atomic E-state index is 0.298. The lowest BCUT2D eigenvalue weighted by molar-refractivity contribution is -0.533. The summed E-state index contributed by atoms with van der Waals surface area (Å²) in [6.45, 7) is 10.7. The second-order valence-corrected chi connectivity index (χ2v) is 8.12. The average molecular weight is 381 g/mol. The maximum Gasteiger partial charge on any atom is 0.500 e. The van der Waals surface area contributed by atoms with E-state index in [4.69, 9.17) is 18.0 Å². The molecule has 0 aromatic heterocycles. The number of amides is 1. The number of hydrogen-bond acceptors (Lipinski definition) is 7. The summed E-state index contributed by atoms with van der Waals surface area (Å²) in [5, 5.41) is 13.5. The fourth-order valence-electron chi connectivity index (χ4n) is 2.44. The Morgan fingerprint density at radius 2 is 1.64 bits per heavy atom. The van der Waals surface area contributed by atoms with E-state index in [0.717, 1.165) is 0 Å². The normalized spacial score (nSPS) is 14.0. The maximum absolute atomic E-state index is 11.8. The van der Waals surface area contributed by atoms with Crippen LogP contribution in [0.3, 0.4) is 0 Å². The Hall–Kier alpha value is -1.23. The quantitative estimate of drug-likeness (QED) is 0.213. The van der Waals surface area contributed by atoms with Gasteiger partial charge in [-0.15, -0.1) is 0 Å². The van der Waals surface area contributed by atoms with Crippen LogP contribution in [0.2, 0.25) is 6.04 Å². The number of nitrogens with one attached hydrogen (secondary N) is 1. The van der Waals surface area contributed by atoms with Crippen molar-refractivity contribution >= 4 is 14.9 Å². The third-order valence-electron chi connectivity index (χ3n) is 3.55. The summed E-state index contributed by atoms with van der Waals surface area (Å²) >= 11 is 0. The summed E-state index contributed by atoms with van der Waals surface area (Å²) in [4.78, 5) is 22.2. The van der Waals surface area contributed by atoms with Crippen molar-refractivity contribution in [3.8, 4) is 0 Å². The van der Waals surface area contributed by atoms with E-state index in [1.807, 2.05) is 20.8 Å². The molecule has 148 valence electrons. The van der Waals surface area contributed by atoms with Gasteiger partial charge in [0.15, 0.2) is 6.10 Å². The van der Waals surface area contributed by atoms with Crippen molar-refractivity contribution in [1.82, 2.24) is 5.32 Å². The van der Waals surface area contributed by atoms with Crippen molar-refractivity contribution < 1.29 is 27.7 Å². The van der Waals surface area contributed by atoms with E-state index in [0.29, 0.717) is 45.3 Å². The summed E-state index contributed by atoms with van der Waals surface area (Å²) in [5.74, 6) is 0. The third kappa shape index (κ3) is 9.14. The topological polar surface area (TPSA) is 109 Å². The number of carbonyl (C=O) groups excluding carboxylic acids is 1. The second kappa shape index (κ2) is 13.0. The highest BCUT2D eigenvalue weighted by atomic mass is 28.4. The van der Waals surface area contributed by atoms with Gasteiger partial charge in [0.1, 0.15) is 0 Å². The zero-order valence-electron chi connectivity index (χ0n) is 15.9. The van der Waals surface area contributed by atoms with Gasteiger partial charge in [-0.1, -0.05) is 6.92 Å². The van der Waals surface area contributed by atoms with Crippen molar-refractivity contribution in [2.24, 2.45) is 0 Å². The summed E-state index contributed by atoms with van der Waals surface area (Å²) in [6.07, 6.45) is -0.553. The van der Waals surface area contributed by atoms with Gasteiger partial charge in [0.05, 0.1) is 0 Å². The fraction of sp³-hybridized carbons (Fsp3) is 0.933. The number of nitrogens with zero attached hydrogens (tertiary/aromatic N) is 1. The van der Waals surface area contributed by atoms with Crippen LogP contribution >= 0.6 is 0 Å². The predicted octanol–water partition coefficient (Wildman–Crippen LogP) is 2.59. The van der Waals surface area contributed by atoms with E-state index in [1.165, 1.54) is 6.92 Å². The average Bonchev–Trinajstić information content (AvgIpc) is 2.52. The number of hydrogen-bond donors (Lipinski definition) is 1. The van der Waals surface area contributed by atoms with Crippen molar-refractivity contribution in [1.29, 1.82) is 0 Å². The summed E-state index contributed by atoms with van der Waals surface area (Å²) in [6, 6.07) is -0.329. The second-order valence-electron chi connectivity index (χ2n) is 5.38. The predicted molar refractivity (Wildman–Crippen MR) is 95.1 cm³/mol. The molecule has 9 nitrogen and oxygen atoms in total. The standard InChI is InChI=1S/C15H32N2O7Si/c1-6-14(17(19)20)13(5)24-15(18)16-11-10-12-25(21-7-2,22-8-3)23-9-4/h13-14H,6-12H2,1-5H3,(H,16,18). The van der Waals surface area contributed by atoms with Gasteiger partial charge in [-0.05, 0) is 34.1 Å². The lowest BCUT2D eigenvalue weighted by Crippen LogP contribution is -2.46. The first-order valence-corrected chi connectivity index (χ1v) is 10.8. The van der Waals surface area contributed by atoms with E-state index >= 15 is 0 Å². The molecule has 0 aromatic rings. The van der Waals surface area contributed by atoms with Crippen molar-refractivity contribution in [2.45, 2.75) is 65.7 Å². The maximum atomic E-state index is 11.8. The molecule has 10 heteroatoms. The van der Waals surface area contributed by atoms with Crippen LogP contribution in [0.5, 0.6) is 0 Å². The molecule has 0 heterocycles. The smallest absolute Gasteiger partial charge is 0.439 e. The van der Waals surface area contributed by atoms with Crippen molar-refractivity contribution in [3.63, 3.8) is 0 Å². The van der Waals surface area contributed by atoms with Crippen LogP contribution in [0, 0.1) is 10.1 Å². The molecule has 0 saturated carbocycles. The molecule has 0 rings (SSSR count). The minimum Gasteiger partial charge on any atom is -0.439 e. The summed E-state index contributed by atoms with van der Waals surface area (Å²) in [5.41, 5.74) is 0. The van der Waals surface area contributed by atoms with Gasteiger partial charge >= 0.3 is 14.9 Å². The SMILES string of the molecule is CCO[Si](CCCNC(=O)OC(C)C(CC)[N+](=O)[O-])(OCC)OCC. The molecule has 0 spiro atoms. The number of ether oxygens (including phenoxy) is 1. The van der Waals surface area contributed by atoms with Gasteiger partial charge in [0, 0.05) is 43.8 Å². The van der Waals surface area contributed by atoms with Crippen molar-refractivity contribution in [2.75, 3.05) is 26.4 Å². The Kier molecular flexibility index (Phi) is 12.4. The molecule has 0 bridgehead atoms. The van der Waals surface area contributed by atoms with Crippen LogP contribution in [0.25, 0.3) is 0 Å². The van der Waals surface area contributed by atoms with Crippen LogP contribution in [-0.4, -0.2) is 58.3 Å².